The van der Waals surface area contributed by atoms with E-state index in [4.69, 9.17) is 9.47 Å². The summed E-state index contributed by atoms with van der Waals surface area (Å²) in [6.45, 7) is 5.84. The normalized spacial score (nSPS) is 11.8. The van der Waals surface area contributed by atoms with Gasteiger partial charge in [0.2, 0.25) is 0 Å². The number of rotatable bonds is 8. The van der Waals surface area contributed by atoms with Crippen LogP contribution in [0, 0.1) is 21.8 Å². The lowest BCUT2D eigenvalue weighted by atomic mass is 9.95. The molecule has 0 aliphatic rings. The molecule has 0 radical (unpaired) electrons. The van der Waals surface area contributed by atoms with Gasteiger partial charge in [0.05, 0.1) is 30.7 Å². The van der Waals surface area contributed by atoms with Crippen molar-refractivity contribution in [2.45, 2.75) is 26.8 Å². The Morgan fingerprint density at radius 2 is 1.86 bits per heavy atom. The first-order chi connectivity index (χ1) is 13.3. The van der Waals surface area contributed by atoms with Gasteiger partial charge in [-0.25, -0.2) is 4.39 Å². The first-order valence-corrected chi connectivity index (χ1v) is 8.84. The van der Waals surface area contributed by atoms with Crippen molar-refractivity contribution in [3.63, 3.8) is 0 Å². The van der Waals surface area contributed by atoms with Gasteiger partial charge in [-0.3, -0.25) is 14.9 Å². The minimum Gasteiger partial charge on any atom is -0.493 e. The number of benzene rings is 2. The molecule has 1 N–H and O–H groups in total. The third-order valence-electron chi connectivity index (χ3n) is 4.21. The zero-order valence-corrected chi connectivity index (χ0v) is 16.2. The molecule has 0 heterocycles. The second-order valence-electron chi connectivity index (χ2n) is 6.46. The van der Waals surface area contributed by atoms with E-state index in [2.05, 4.69) is 5.32 Å². The number of nitrogens with zero attached hydrogens (tertiary/aromatic N) is 1. The molecular weight excluding hydrogens is 367 g/mol. The summed E-state index contributed by atoms with van der Waals surface area (Å²) in [5, 5.41) is 14.3. The van der Waals surface area contributed by atoms with Crippen LogP contribution >= 0.6 is 0 Å². The predicted octanol–water partition coefficient (Wildman–Crippen LogP) is 4.27. The second kappa shape index (κ2) is 9.16. The van der Waals surface area contributed by atoms with Crippen molar-refractivity contribution in [1.82, 2.24) is 5.32 Å². The Kier molecular flexibility index (Phi) is 6.92. The fourth-order valence-corrected chi connectivity index (χ4v) is 2.83. The van der Waals surface area contributed by atoms with Crippen LogP contribution in [0.2, 0.25) is 0 Å². The summed E-state index contributed by atoms with van der Waals surface area (Å²) in [4.78, 5) is 23.7. The quantitative estimate of drug-likeness (QED) is 0.537. The molecule has 28 heavy (non-hydrogen) atoms. The number of ether oxygens (including phenoxy) is 2. The van der Waals surface area contributed by atoms with E-state index in [1.54, 1.807) is 19.1 Å². The molecule has 2 rings (SSSR count). The summed E-state index contributed by atoms with van der Waals surface area (Å²) >= 11 is 0. The van der Waals surface area contributed by atoms with Crippen molar-refractivity contribution < 1.29 is 23.6 Å². The van der Waals surface area contributed by atoms with E-state index in [0.29, 0.717) is 12.2 Å². The van der Waals surface area contributed by atoms with Crippen molar-refractivity contribution in [2.75, 3.05) is 13.7 Å². The van der Waals surface area contributed by atoms with Gasteiger partial charge in [-0.05, 0) is 30.5 Å². The number of carbonyl (C=O) groups is 1. The number of nitro benzene ring substituents is 1. The fraction of sp³-hybridized carbons (Fsp3) is 0.350. The molecule has 8 heteroatoms. The molecule has 0 fully saturated rings. The van der Waals surface area contributed by atoms with Gasteiger partial charge in [-0.15, -0.1) is 0 Å². The van der Waals surface area contributed by atoms with Crippen LogP contribution in [0.3, 0.4) is 0 Å². The molecule has 150 valence electrons. The molecule has 0 saturated carbocycles. The van der Waals surface area contributed by atoms with Gasteiger partial charge >= 0.3 is 0 Å². The van der Waals surface area contributed by atoms with Crippen LogP contribution in [0.1, 0.15) is 42.7 Å². The number of nitro groups is 1. The highest BCUT2D eigenvalue weighted by atomic mass is 19.1. The SMILES string of the molecule is CCOc1cc(C(=O)NC(c2ccc(F)cc2)C(C)C)c([N+](=O)[O-])cc1OC. The predicted molar refractivity (Wildman–Crippen MR) is 102 cm³/mol. The van der Waals surface area contributed by atoms with Crippen LogP contribution in [0.25, 0.3) is 0 Å². The zero-order chi connectivity index (χ0) is 20.8. The number of halogens is 1. The number of nitrogens with one attached hydrogen (secondary N) is 1. The topological polar surface area (TPSA) is 90.7 Å². The van der Waals surface area contributed by atoms with E-state index in [1.165, 1.54) is 31.4 Å². The van der Waals surface area contributed by atoms with Gasteiger partial charge in [0.1, 0.15) is 11.4 Å². The molecule has 0 aliphatic carbocycles. The Bertz CT molecular complexity index is 852. The fourth-order valence-electron chi connectivity index (χ4n) is 2.83. The Morgan fingerprint density at radius 1 is 1.21 bits per heavy atom. The molecule has 0 spiro atoms. The van der Waals surface area contributed by atoms with Gasteiger partial charge in [0, 0.05) is 6.07 Å². The van der Waals surface area contributed by atoms with Gasteiger partial charge in [0.15, 0.2) is 11.5 Å². The molecule has 1 amide bonds. The summed E-state index contributed by atoms with van der Waals surface area (Å²) in [6.07, 6.45) is 0. The first-order valence-electron chi connectivity index (χ1n) is 8.84. The van der Waals surface area contributed by atoms with Crippen LogP contribution in [-0.4, -0.2) is 24.5 Å². The lowest BCUT2D eigenvalue weighted by Crippen LogP contribution is -2.32. The van der Waals surface area contributed by atoms with Crippen LogP contribution in [0.5, 0.6) is 11.5 Å². The third-order valence-corrected chi connectivity index (χ3v) is 4.21. The van der Waals surface area contributed by atoms with Crippen molar-refractivity contribution in [1.29, 1.82) is 0 Å². The van der Waals surface area contributed by atoms with E-state index < -0.39 is 16.9 Å². The van der Waals surface area contributed by atoms with E-state index >= 15 is 0 Å². The Hall–Kier alpha value is -3.16. The second-order valence-corrected chi connectivity index (χ2v) is 6.46. The lowest BCUT2D eigenvalue weighted by molar-refractivity contribution is -0.385. The minimum atomic E-state index is -0.643. The summed E-state index contributed by atoms with van der Waals surface area (Å²) in [6, 6.07) is 7.79. The zero-order valence-electron chi connectivity index (χ0n) is 16.2. The molecule has 0 aliphatic heterocycles. The van der Waals surface area contributed by atoms with E-state index in [9.17, 15) is 19.3 Å². The Labute approximate surface area is 162 Å². The van der Waals surface area contributed by atoms with Gasteiger partial charge in [-0.2, -0.15) is 0 Å². The average molecular weight is 390 g/mol. The highest BCUT2D eigenvalue weighted by molar-refractivity contribution is 5.99. The number of carbonyl (C=O) groups excluding carboxylic acids is 1. The maximum absolute atomic E-state index is 13.2. The van der Waals surface area contributed by atoms with Crippen molar-refractivity contribution in [2.24, 2.45) is 5.92 Å². The number of hydrogen-bond acceptors (Lipinski definition) is 5. The highest BCUT2D eigenvalue weighted by Crippen LogP contribution is 2.35. The maximum Gasteiger partial charge on any atom is 0.286 e. The highest BCUT2D eigenvalue weighted by Gasteiger charge is 2.27. The number of amides is 1. The molecule has 2 aromatic rings. The van der Waals surface area contributed by atoms with E-state index in [-0.39, 0.29) is 34.5 Å². The molecule has 0 saturated heterocycles. The molecule has 2 aromatic carbocycles. The number of methoxy groups -OCH3 is 1. The molecule has 0 bridgehead atoms. The third kappa shape index (κ3) is 4.76. The van der Waals surface area contributed by atoms with Gasteiger partial charge in [0.25, 0.3) is 11.6 Å². The molecule has 0 aromatic heterocycles. The summed E-state index contributed by atoms with van der Waals surface area (Å²) in [5.41, 5.74) is 0.173. The van der Waals surface area contributed by atoms with Crippen molar-refractivity contribution in [3.8, 4) is 11.5 Å². The lowest BCUT2D eigenvalue weighted by Gasteiger charge is -2.23. The Balaban J connectivity index is 2.43. The van der Waals surface area contributed by atoms with Crippen molar-refractivity contribution in [3.05, 3.63) is 63.5 Å². The summed E-state index contributed by atoms with van der Waals surface area (Å²) < 4.78 is 23.8. The molecule has 1 atom stereocenters. The molecule has 7 nitrogen and oxygen atoms in total. The van der Waals surface area contributed by atoms with Gasteiger partial charge in [-0.1, -0.05) is 26.0 Å². The van der Waals surface area contributed by atoms with E-state index in [0.717, 1.165) is 0 Å². The van der Waals surface area contributed by atoms with Crippen molar-refractivity contribution >= 4 is 11.6 Å². The van der Waals surface area contributed by atoms with Crippen LogP contribution in [-0.2, 0) is 0 Å². The summed E-state index contributed by atoms with van der Waals surface area (Å²) in [7, 11) is 1.37. The van der Waals surface area contributed by atoms with Crippen LogP contribution < -0.4 is 14.8 Å². The Morgan fingerprint density at radius 3 is 2.36 bits per heavy atom. The smallest absolute Gasteiger partial charge is 0.286 e. The standard InChI is InChI=1S/C20H23FN2O5/c1-5-28-18-10-15(16(23(25)26)11-17(18)27-4)20(24)22-19(12(2)3)13-6-8-14(21)9-7-13/h6-12,19H,5H2,1-4H3,(H,22,24). The first kappa shape index (κ1) is 21.1. The number of hydrogen-bond donors (Lipinski definition) is 1. The van der Waals surface area contributed by atoms with E-state index in [1.807, 2.05) is 13.8 Å². The minimum absolute atomic E-state index is 0.0296. The van der Waals surface area contributed by atoms with Crippen LogP contribution in [0.15, 0.2) is 36.4 Å². The largest absolute Gasteiger partial charge is 0.493 e. The molecule has 1 unspecified atom stereocenters. The van der Waals surface area contributed by atoms with Crippen LogP contribution in [0.4, 0.5) is 10.1 Å². The van der Waals surface area contributed by atoms with Gasteiger partial charge < -0.3 is 14.8 Å². The monoisotopic (exact) mass is 390 g/mol. The average Bonchev–Trinajstić information content (AvgIpc) is 2.66. The molecular formula is C20H23FN2O5. The maximum atomic E-state index is 13.2. The summed E-state index contributed by atoms with van der Waals surface area (Å²) in [5.74, 6) is -0.631.